The average molecular weight is 352 g/mol. The van der Waals surface area contributed by atoms with E-state index in [1.54, 1.807) is 9.80 Å². The van der Waals surface area contributed by atoms with Gasteiger partial charge in [-0.25, -0.2) is 4.39 Å². The first-order chi connectivity index (χ1) is 12.5. The van der Waals surface area contributed by atoms with E-state index in [-0.39, 0.29) is 24.1 Å². The van der Waals surface area contributed by atoms with E-state index < -0.39 is 5.92 Å². The van der Waals surface area contributed by atoms with Crippen molar-refractivity contribution in [2.45, 2.75) is 26.2 Å². The molecule has 0 radical (unpaired) electrons. The minimum atomic E-state index is -0.436. The molecule has 26 heavy (non-hydrogen) atoms. The van der Waals surface area contributed by atoms with E-state index in [9.17, 15) is 14.0 Å². The zero-order chi connectivity index (χ0) is 18.3. The first kappa shape index (κ1) is 16.8. The van der Waals surface area contributed by atoms with Crippen LogP contribution in [0.1, 0.15) is 24.0 Å². The molecular formula is C21H21FN2O2. The second-order valence-electron chi connectivity index (χ2n) is 7.09. The van der Waals surface area contributed by atoms with Gasteiger partial charge in [0, 0.05) is 25.2 Å². The van der Waals surface area contributed by atoms with E-state index in [1.807, 2.05) is 43.3 Å². The Kier molecular flexibility index (Phi) is 4.23. The first-order valence-electron chi connectivity index (χ1n) is 9.00. The molecule has 134 valence electrons. The van der Waals surface area contributed by atoms with Gasteiger partial charge in [-0.1, -0.05) is 24.3 Å². The summed E-state index contributed by atoms with van der Waals surface area (Å²) in [5, 5.41) is 0. The molecule has 1 unspecified atom stereocenters. The number of fused-ring (bicyclic) bond motifs is 1. The number of para-hydroxylation sites is 1. The van der Waals surface area contributed by atoms with Crippen molar-refractivity contribution in [2.75, 3.05) is 22.9 Å². The molecule has 2 heterocycles. The molecule has 5 heteroatoms. The largest absolute Gasteiger partial charge is 0.312 e. The molecule has 2 aliphatic rings. The molecule has 2 aromatic carbocycles. The Bertz CT molecular complexity index is 866. The summed E-state index contributed by atoms with van der Waals surface area (Å²) in [5.41, 5.74) is 2.94. The fourth-order valence-corrected chi connectivity index (χ4v) is 4.01. The lowest BCUT2D eigenvalue weighted by Gasteiger charge is -2.32. The third-order valence-electron chi connectivity index (χ3n) is 5.19. The predicted octanol–water partition coefficient (Wildman–Crippen LogP) is 3.47. The third kappa shape index (κ3) is 2.87. The Morgan fingerprint density at radius 2 is 1.96 bits per heavy atom. The number of rotatable bonds is 2. The van der Waals surface area contributed by atoms with Gasteiger partial charge in [0.25, 0.3) is 0 Å². The molecule has 0 saturated carbocycles. The predicted molar refractivity (Wildman–Crippen MR) is 98.7 cm³/mol. The maximum Gasteiger partial charge on any atom is 0.232 e. The molecule has 0 aromatic heterocycles. The van der Waals surface area contributed by atoms with Crippen LogP contribution >= 0.6 is 0 Å². The summed E-state index contributed by atoms with van der Waals surface area (Å²) >= 11 is 0. The molecular weight excluding hydrogens is 331 g/mol. The molecule has 0 N–H and O–H groups in total. The molecule has 2 amide bonds. The molecule has 2 aromatic rings. The van der Waals surface area contributed by atoms with Crippen molar-refractivity contribution >= 4 is 23.2 Å². The van der Waals surface area contributed by atoms with Crippen LogP contribution in [-0.4, -0.2) is 24.9 Å². The molecule has 0 aliphatic carbocycles. The van der Waals surface area contributed by atoms with Gasteiger partial charge >= 0.3 is 0 Å². The van der Waals surface area contributed by atoms with Crippen LogP contribution in [0, 0.1) is 18.7 Å². The highest BCUT2D eigenvalue weighted by Crippen LogP contribution is 2.34. The molecule has 1 saturated heterocycles. The van der Waals surface area contributed by atoms with Crippen molar-refractivity contribution in [3.05, 3.63) is 59.4 Å². The van der Waals surface area contributed by atoms with Crippen molar-refractivity contribution < 1.29 is 14.0 Å². The van der Waals surface area contributed by atoms with Gasteiger partial charge in [0.2, 0.25) is 11.8 Å². The lowest BCUT2D eigenvalue weighted by Crippen LogP contribution is -2.41. The monoisotopic (exact) mass is 352 g/mol. The van der Waals surface area contributed by atoms with Gasteiger partial charge in [-0.3, -0.25) is 9.59 Å². The van der Waals surface area contributed by atoms with Crippen molar-refractivity contribution in [3.63, 3.8) is 0 Å². The van der Waals surface area contributed by atoms with Gasteiger partial charge < -0.3 is 9.80 Å². The smallest absolute Gasteiger partial charge is 0.232 e. The highest BCUT2D eigenvalue weighted by atomic mass is 19.1. The Morgan fingerprint density at radius 3 is 2.73 bits per heavy atom. The van der Waals surface area contributed by atoms with Crippen LogP contribution < -0.4 is 9.80 Å². The normalized spacial score (nSPS) is 19.6. The fraction of sp³-hybridized carbons (Fsp3) is 0.333. The number of anilines is 2. The highest BCUT2D eigenvalue weighted by molar-refractivity contribution is 6.04. The summed E-state index contributed by atoms with van der Waals surface area (Å²) in [6.07, 6.45) is 1.76. The van der Waals surface area contributed by atoms with Crippen molar-refractivity contribution in [2.24, 2.45) is 5.92 Å². The van der Waals surface area contributed by atoms with E-state index in [0.29, 0.717) is 18.8 Å². The quantitative estimate of drug-likeness (QED) is 0.830. The molecule has 2 aliphatic heterocycles. The van der Waals surface area contributed by atoms with Crippen LogP contribution in [0.5, 0.6) is 0 Å². The van der Waals surface area contributed by atoms with Crippen LogP contribution in [0.2, 0.25) is 0 Å². The van der Waals surface area contributed by atoms with E-state index in [1.165, 1.54) is 6.07 Å². The van der Waals surface area contributed by atoms with Crippen LogP contribution in [0.4, 0.5) is 15.8 Å². The number of hydrogen-bond acceptors (Lipinski definition) is 2. The van der Waals surface area contributed by atoms with Gasteiger partial charge in [-0.05, 0) is 49.1 Å². The first-order valence-corrected chi connectivity index (χ1v) is 9.00. The summed E-state index contributed by atoms with van der Waals surface area (Å²) in [7, 11) is 0. The number of nitrogens with zero attached hydrogens (tertiary/aromatic N) is 2. The Hall–Kier alpha value is -2.69. The van der Waals surface area contributed by atoms with E-state index in [0.717, 1.165) is 29.7 Å². The van der Waals surface area contributed by atoms with Gasteiger partial charge in [-0.15, -0.1) is 0 Å². The van der Waals surface area contributed by atoms with E-state index in [2.05, 4.69) is 0 Å². The number of hydrogen-bond donors (Lipinski definition) is 0. The number of aryl methyl sites for hydroxylation is 2. The second-order valence-corrected chi connectivity index (χ2v) is 7.09. The van der Waals surface area contributed by atoms with Gasteiger partial charge in [-0.2, -0.15) is 0 Å². The molecule has 0 spiro atoms. The number of carbonyl (C=O) groups is 2. The maximum atomic E-state index is 14.6. The minimum absolute atomic E-state index is 0.0591. The zero-order valence-electron chi connectivity index (χ0n) is 14.7. The summed E-state index contributed by atoms with van der Waals surface area (Å²) in [6, 6.07) is 12.8. The second kappa shape index (κ2) is 6.56. The molecule has 0 bridgehead atoms. The molecule has 1 fully saturated rings. The summed E-state index contributed by atoms with van der Waals surface area (Å²) in [4.78, 5) is 28.7. The van der Waals surface area contributed by atoms with Crippen LogP contribution in [0.15, 0.2) is 42.5 Å². The summed E-state index contributed by atoms with van der Waals surface area (Å²) in [5.74, 6) is -0.997. The summed E-state index contributed by atoms with van der Waals surface area (Å²) < 4.78 is 14.6. The van der Waals surface area contributed by atoms with E-state index in [4.69, 9.17) is 0 Å². The number of amides is 2. The van der Waals surface area contributed by atoms with Crippen molar-refractivity contribution in [1.82, 2.24) is 0 Å². The Balaban J connectivity index is 1.59. The van der Waals surface area contributed by atoms with Crippen LogP contribution in [-0.2, 0) is 16.0 Å². The SMILES string of the molecule is Cc1cc(F)c2c(c1)CCCN2C(=O)C1CC(=O)N(c2ccccc2)C1. The topological polar surface area (TPSA) is 40.6 Å². The standard InChI is InChI=1S/C21H21FN2O2/c1-14-10-15-6-5-9-23(20(15)18(22)11-14)21(26)16-12-19(25)24(13-16)17-7-3-2-4-8-17/h2-4,7-8,10-11,16H,5-6,9,12-13H2,1H3. The maximum absolute atomic E-state index is 14.6. The molecule has 4 nitrogen and oxygen atoms in total. The van der Waals surface area contributed by atoms with Gasteiger partial charge in [0.1, 0.15) is 5.82 Å². The molecule has 1 atom stereocenters. The van der Waals surface area contributed by atoms with Crippen LogP contribution in [0.25, 0.3) is 0 Å². The molecule has 4 rings (SSSR count). The highest BCUT2D eigenvalue weighted by Gasteiger charge is 2.39. The number of halogens is 1. The zero-order valence-corrected chi connectivity index (χ0v) is 14.7. The lowest BCUT2D eigenvalue weighted by molar-refractivity contribution is -0.124. The fourth-order valence-electron chi connectivity index (χ4n) is 4.01. The van der Waals surface area contributed by atoms with Crippen LogP contribution in [0.3, 0.4) is 0 Å². The number of carbonyl (C=O) groups excluding carboxylic acids is 2. The number of benzene rings is 2. The summed E-state index contributed by atoms with van der Waals surface area (Å²) in [6.45, 7) is 2.71. The minimum Gasteiger partial charge on any atom is -0.312 e. The van der Waals surface area contributed by atoms with E-state index >= 15 is 0 Å². The third-order valence-corrected chi connectivity index (χ3v) is 5.19. The van der Waals surface area contributed by atoms with Crippen molar-refractivity contribution in [3.8, 4) is 0 Å². The van der Waals surface area contributed by atoms with Gasteiger partial charge in [0.05, 0.1) is 11.6 Å². The Morgan fingerprint density at radius 1 is 1.19 bits per heavy atom. The Labute approximate surface area is 152 Å². The van der Waals surface area contributed by atoms with Crippen molar-refractivity contribution in [1.29, 1.82) is 0 Å². The van der Waals surface area contributed by atoms with Gasteiger partial charge in [0.15, 0.2) is 0 Å². The lowest BCUT2D eigenvalue weighted by atomic mass is 9.97. The average Bonchev–Trinajstić information content (AvgIpc) is 3.03.